The van der Waals surface area contributed by atoms with Crippen molar-refractivity contribution in [3.63, 3.8) is 0 Å². The van der Waals surface area contributed by atoms with Gasteiger partial charge >= 0.3 is 0 Å². The first-order chi connectivity index (χ1) is 9.13. The van der Waals surface area contributed by atoms with Crippen LogP contribution in [0.15, 0.2) is 29.6 Å². The third kappa shape index (κ3) is 2.39. The molecule has 1 N–H and O–H groups in total. The highest BCUT2D eigenvalue weighted by Gasteiger charge is 2.30. The first-order valence-electron chi connectivity index (χ1n) is 6.14. The topological polar surface area (TPSA) is 53.4 Å². The van der Waals surface area contributed by atoms with E-state index < -0.39 is 6.10 Å². The summed E-state index contributed by atoms with van der Waals surface area (Å²) < 4.78 is 0. The number of thiazole rings is 1. The van der Waals surface area contributed by atoms with Crippen LogP contribution in [0.4, 0.5) is 5.13 Å². The van der Waals surface area contributed by atoms with Gasteiger partial charge in [-0.25, -0.2) is 4.98 Å². The summed E-state index contributed by atoms with van der Waals surface area (Å²) in [5, 5.41) is 12.1. The highest BCUT2D eigenvalue weighted by molar-refractivity contribution is 7.14. The number of amides is 1. The molecule has 1 fully saturated rings. The molecule has 0 saturated carbocycles. The van der Waals surface area contributed by atoms with Crippen molar-refractivity contribution in [2.24, 2.45) is 0 Å². The number of carbonyl (C=O) groups is 1. The van der Waals surface area contributed by atoms with E-state index in [1.165, 1.54) is 16.9 Å². The van der Waals surface area contributed by atoms with Crippen molar-refractivity contribution >= 4 is 22.4 Å². The molecular weight excluding hydrogens is 260 g/mol. The monoisotopic (exact) mass is 274 g/mol. The molecule has 1 aliphatic heterocycles. The molecule has 2 heterocycles. The SMILES string of the molecule is Cc1ccc(-c2csc(N3CC(O)CC3=O)n2)cc1. The molecule has 1 amide bonds. The van der Waals surface area contributed by atoms with Crippen molar-refractivity contribution in [3.8, 4) is 11.3 Å². The van der Waals surface area contributed by atoms with Crippen molar-refractivity contribution in [3.05, 3.63) is 35.2 Å². The standard InChI is InChI=1S/C14H14N2O2S/c1-9-2-4-10(5-3-9)12-8-19-14(15-12)16-7-11(17)6-13(16)18/h2-5,8,11,17H,6-7H2,1H3. The van der Waals surface area contributed by atoms with Crippen LogP contribution in [-0.2, 0) is 4.79 Å². The van der Waals surface area contributed by atoms with Gasteiger partial charge in [0.25, 0.3) is 0 Å². The number of aliphatic hydroxyl groups is 1. The van der Waals surface area contributed by atoms with E-state index in [-0.39, 0.29) is 12.3 Å². The average molecular weight is 274 g/mol. The number of benzene rings is 1. The molecule has 1 saturated heterocycles. The minimum atomic E-state index is -0.570. The van der Waals surface area contributed by atoms with Crippen molar-refractivity contribution in [2.45, 2.75) is 19.4 Å². The fraction of sp³-hybridized carbons (Fsp3) is 0.286. The molecule has 0 aliphatic carbocycles. The Labute approximate surface area is 115 Å². The van der Waals surface area contributed by atoms with Crippen molar-refractivity contribution in [1.82, 2.24) is 4.98 Å². The van der Waals surface area contributed by atoms with Crippen molar-refractivity contribution in [1.29, 1.82) is 0 Å². The fourth-order valence-corrected chi connectivity index (χ4v) is 2.98. The lowest BCUT2D eigenvalue weighted by atomic mass is 10.1. The van der Waals surface area contributed by atoms with E-state index >= 15 is 0 Å². The van der Waals surface area contributed by atoms with E-state index in [1.807, 2.05) is 36.6 Å². The number of nitrogens with zero attached hydrogens (tertiary/aromatic N) is 2. The Morgan fingerprint density at radius 1 is 1.37 bits per heavy atom. The van der Waals surface area contributed by atoms with E-state index in [2.05, 4.69) is 4.98 Å². The van der Waals surface area contributed by atoms with Crippen LogP contribution in [0, 0.1) is 6.92 Å². The van der Waals surface area contributed by atoms with E-state index in [0.29, 0.717) is 11.7 Å². The molecule has 19 heavy (non-hydrogen) atoms. The third-order valence-corrected chi connectivity index (χ3v) is 4.04. The number of anilines is 1. The van der Waals surface area contributed by atoms with Gasteiger partial charge in [0.05, 0.1) is 24.8 Å². The molecule has 1 aromatic carbocycles. The number of hydrogen-bond acceptors (Lipinski definition) is 4. The minimum absolute atomic E-state index is 0.0580. The van der Waals surface area contributed by atoms with E-state index in [9.17, 15) is 9.90 Å². The van der Waals surface area contributed by atoms with Crippen LogP contribution in [0.1, 0.15) is 12.0 Å². The molecule has 0 radical (unpaired) electrons. The first kappa shape index (κ1) is 12.3. The molecular formula is C14H14N2O2S. The number of hydrogen-bond donors (Lipinski definition) is 1. The van der Waals surface area contributed by atoms with E-state index in [1.54, 1.807) is 4.90 Å². The number of aliphatic hydroxyl groups excluding tert-OH is 1. The molecule has 0 spiro atoms. The molecule has 1 atom stereocenters. The van der Waals surface area contributed by atoms with Gasteiger partial charge in [-0.3, -0.25) is 9.69 Å². The zero-order valence-corrected chi connectivity index (χ0v) is 11.4. The van der Waals surface area contributed by atoms with Crippen molar-refractivity contribution in [2.75, 3.05) is 11.4 Å². The van der Waals surface area contributed by atoms with Crippen molar-refractivity contribution < 1.29 is 9.90 Å². The summed E-state index contributed by atoms with van der Waals surface area (Å²) in [6, 6.07) is 8.13. The Balaban J connectivity index is 1.87. The maximum Gasteiger partial charge on any atom is 0.231 e. The molecule has 1 aliphatic rings. The zero-order valence-electron chi connectivity index (χ0n) is 10.5. The van der Waals surface area contributed by atoms with Crippen LogP contribution in [0.5, 0.6) is 0 Å². The van der Waals surface area contributed by atoms with Gasteiger partial charge in [0.15, 0.2) is 5.13 Å². The second-order valence-corrected chi connectivity index (χ2v) is 5.58. The zero-order chi connectivity index (χ0) is 13.4. The van der Waals surface area contributed by atoms with Crippen LogP contribution in [0.25, 0.3) is 11.3 Å². The van der Waals surface area contributed by atoms with Gasteiger partial charge < -0.3 is 5.11 Å². The van der Waals surface area contributed by atoms with Gasteiger partial charge in [-0.2, -0.15) is 0 Å². The van der Waals surface area contributed by atoms with Crippen LogP contribution < -0.4 is 4.90 Å². The van der Waals surface area contributed by atoms with Crippen LogP contribution >= 0.6 is 11.3 Å². The third-order valence-electron chi connectivity index (χ3n) is 3.17. The lowest BCUT2D eigenvalue weighted by Gasteiger charge is -2.10. The Morgan fingerprint density at radius 3 is 2.74 bits per heavy atom. The largest absolute Gasteiger partial charge is 0.391 e. The van der Waals surface area contributed by atoms with Crippen LogP contribution in [0.3, 0.4) is 0 Å². The molecule has 5 heteroatoms. The molecule has 0 bridgehead atoms. The molecule has 3 rings (SSSR count). The van der Waals surface area contributed by atoms with E-state index in [0.717, 1.165) is 11.3 Å². The lowest BCUT2D eigenvalue weighted by molar-refractivity contribution is -0.117. The number of β-amino-alcohol motifs (C(OH)–C–C–N with tert-alkyl or cyclic N) is 1. The second kappa shape index (κ2) is 4.75. The predicted octanol–water partition coefficient (Wildman–Crippen LogP) is 2.22. The number of aryl methyl sites for hydroxylation is 1. The maximum absolute atomic E-state index is 11.7. The number of rotatable bonds is 2. The molecule has 4 nitrogen and oxygen atoms in total. The Bertz CT molecular complexity index is 606. The van der Waals surface area contributed by atoms with Gasteiger partial charge in [-0.15, -0.1) is 11.3 Å². The number of carbonyl (C=O) groups excluding carboxylic acids is 1. The second-order valence-electron chi connectivity index (χ2n) is 4.74. The van der Waals surface area contributed by atoms with Gasteiger partial charge in [0.2, 0.25) is 5.91 Å². The highest BCUT2D eigenvalue weighted by atomic mass is 32.1. The summed E-state index contributed by atoms with van der Waals surface area (Å²) in [5.41, 5.74) is 3.12. The van der Waals surface area contributed by atoms with Crippen LogP contribution in [-0.4, -0.2) is 28.6 Å². The predicted molar refractivity (Wildman–Crippen MR) is 75.3 cm³/mol. The van der Waals surface area contributed by atoms with Gasteiger partial charge in [-0.1, -0.05) is 29.8 Å². The normalized spacial score (nSPS) is 19.2. The van der Waals surface area contributed by atoms with Crippen LogP contribution in [0.2, 0.25) is 0 Å². The minimum Gasteiger partial charge on any atom is -0.391 e. The molecule has 1 unspecified atom stereocenters. The summed E-state index contributed by atoms with van der Waals surface area (Å²) in [4.78, 5) is 17.8. The highest BCUT2D eigenvalue weighted by Crippen LogP contribution is 2.30. The van der Waals surface area contributed by atoms with Gasteiger partial charge in [0, 0.05) is 10.9 Å². The van der Waals surface area contributed by atoms with E-state index in [4.69, 9.17) is 0 Å². The molecule has 2 aromatic rings. The summed E-state index contributed by atoms with van der Waals surface area (Å²) >= 11 is 1.43. The Kier molecular flexibility index (Phi) is 3.08. The quantitative estimate of drug-likeness (QED) is 0.913. The summed E-state index contributed by atoms with van der Waals surface area (Å²) in [6.45, 7) is 2.39. The summed E-state index contributed by atoms with van der Waals surface area (Å²) in [6.07, 6.45) is -0.376. The average Bonchev–Trinajstić information content (AvgIpc) is 2.97. The summed E-state index contributed by atoms with van der Waals surface area (Å²) in [5.74, 6) is -0.0580. The maximum atomic E-state index is 11.7. The molecule has 98 valence electrons. The molecule has 1 aromatic heterocycles. The Morgan fingerprint density at radius 2 is 2.11 bits per heavy atom. The fourth-order valence-electron chi connectivity index (χ4n) is 2.12. The first-order valence-corrected chi connectivity index (χ1v) is 7.02. The summed E-state index contributed by atoms with van der Waals surface area (Å²) in [7, 11) is 0. The smallest absolute Gasteiger partial charge is 0.231 e. The van der Waals surface area contributed by atoms with Gasteiger partial charge in [0.1, 0.15) is 0 Å². The number of aromatic nitrogens is 1. The lowest BCUT2D eigenvalue weighted by Crippen LogP contribution is -2.24. The Hall–Kier alpha value is -1.72. The van der Waals surface area contributed by atoms with Gasteiger partial charge in [-0.05, 0) is 6.92 Å².